The number of esters is 1. The highest BCUT2D eigenvalue weighted by atomic mass is 35.5. The summed E-state index contributed by atoms with van der Waals surface area (Å²) >= 11 is 6.03. The lowest BCUT2D eigenvalue weighted by molar-refractivity contribution is -0.145. The molecule has 2 rings (SSSR count). The van der Waals surface area contributed by atoms with Gasteiger partial charge in [-0.2, -0.15) is 26.3 Å². The summed E-state index contributed by atoms with van der Waals surface area (Å²) in [4.78, 5) is 24.5. The molecular weight excluding hydrogens is 480 g/mol. The van der Waals surface area contributed by atoms with Gasteiger partial charge in [-0.15, -0.1) is 0 Å². The molecule has 5 nitrogen and oxygen atoms in total. The van der Waals surface area contributed by atoms with Crippen LogP contribution < -0.4 is 10.1 Å². The number of hydrogen-bond acceptors (Lipinski definition) is 4. The molecule has 1 atom stereocenters. The summed E-state index contributed by atoms with van der Waals surface area (Å²) < 4.78 is 87.7. The maximum atomic E-state index is 13.0. The fourth-order valence-electron chi connectivity index (χ4n) is 2.96. The minimum absolute atomic E-state index is 0.0356. The predicted molar refractivity (Wildman–Crippen MR) is 106 cm³/mol. The van der Waals surface area contributed by atoms with E-state index >= 15 is 0 Å². The second-order valence-electron chi connectivity index (χ2n) is 6.91. The fourth-order valence-corrected chi connectivity index (χ4v) is 3.24. The minimum Gasteiger partial charge on any atom is -0.495 e. The summed E-state index contributed by atoms with van der Waals surface area (Å²) in [7, 11) is 2.46. The second-order valence-corrected chi connectivity index (χ2v) is 7.31. The zero-order chi connectivity index (χ0) is 25.0. The first kappa shape index (κ1) is 26.3. The normalized spacial score (nSPS) is 12.8. The maximum Gasteiger partial charge on any atom is 0.416 e. The van der Waals surface area contributed by atoms with Gasteiger partial charge >= 0.3 is 18.3 Å². The van der Waals surface area contributed by atoms with Gasteiger partial charge in [0.25, 0.3) is 0 Å². The Bertz CT molecular complexity index is 991. The quantitative estimate of drug-likeness (QED) is 0.440. The molecule has 0 aliphatic heterocycles. The van der Waals surface area contributed by atoms with E-state index in [1.165, 1.54) is 19.2 Å². The van der Waals surface area contributed by atoms with Crippen molar-refractivity contribution >= 4 is 23.5 Å². The van der Waals surface area contributed by atoms with Crippen LogP contribution in [0.25, 0.3) is 0 Å². The summed E-state index contributed by atoms with van der Waals surface area (Å²) in [5, 5.41) is 2.51. The molecule has 0 aliphatic carbocycles. The van der Waals surface area contributed by atoms with E-state index in [1.807, 2.05) is 0 Å². The van der Waals surface area contributed by atoms with Crippen LogP contribution in [0.5, 0.6) is 5.75 Å². The number of benzene rings is 2. The molecule has 0 fully saturated rings. The molecule has 0 unspecified atom stereocenters. The topological polar surface area (TPSA) is 64.6 Å². The first-order valence-electron chi connectivity index (χ1n) is 9.22. The molecule has 2 aromatic carbocycles. The Morgan fingerprint density at radius 1 is 0.939 bits per heavy atom. The largest absolute Gasteiger partial charge is 0.495 e. The van der Waals surface area contributed by atoms with E-state index < -0.39 is 53.4 Å². The molecule has 1 N–H and O–H groups in total. The summed E-state index contributed by atoms with van der Waals surface area (Å²) in [6.45, 7) is 0. The second kappa shape index (κ2) is 10.3. The van der Waals surface area contributed by atoms with E-state index in [4.69, 9.17) is 16.3 Å². The van der Waals surface area contributed by atoms with Crippen molar-refractivity contribution in [1.82, 2.24) is 5.32 Å². The Morgan fingerprint density at radius 3 is 1.97 bits per heavy atom. The summed E-state index contributed by atoms with van der Waals surface area (Å²) in [5.41, 5.74) is -3.12. The lowest BCUT2D eigenvalue weighted by atomic mass is 10.0. The number of amides is 1. The average molecular weight is 498 g/mol. The summed E-state index contributed by atoms with van der Waals surface area (Å²) in [6, 6.07) is 4.16. The van der Waals surface area contributed by atoms with Gasteiger partial charge in [0.15, 0.2) is 0 Å². The summed E-state index contributed by atoms with van der Waals surface area (Å²) in [6.07, 6.45) is -11.0. The van der Waals surface area contributed by atoms with Gasteiger partial charge in [-0.05, 0) is 41.5 Å². The number of nitrogens with one attached hydrogen (secondary N) is 1. The van der Waals surface area contributed by atoms with E-state index in [9.17, 15) is 35.9 Å². The third-order valence-electron chi connectivity index (χ3n) is 4.49. The number of methoxy groups -OCH3 is 2. The number of hydrogen-bond donors (Lipinski definition) is 1. The Balaban J connectivity index is 2.25. The molecule has 0 bridgehead atoms. The van der Waals surface area contributed by atoms with Crippen LogP contribution in [0.1, 0.15) is 22.3 Å². The van der Waals surface area contributed by atoms with Gasteiger partial charge in [0, 0.05) is 6.42 Å². The van der Waals surface area contributed by atoms with Gasteiger partial charge < -0.3 is 14.8 Å². The lowest BCUT2D eigenvalue weighted by Gasteiger charge is -2.18. The Hall–Kier alpha value is -2.95. The molecule has 0 aliphatic rings. The number of halogens is 7. The molecule has 2 aromatic rings. The van der Waals surface area contributed by atoms with Gasteiger partial charge in [-0.1, -0.05) is 17.7 Å². The van der Waals surface area contributed by atoms with Crippen molar-refractivity contribution in [2.75, 3.05) is 14.2 Å². The van der Waals surface area contributed by atoms with Crippen molar-refractivity contribution in [3.8, 4) is 5.75 Å². The van der Waals surface area contributed by atoms with Crippen molar-refractivity contribution in [3.05, 3.63) is 63.7 Å². The standard InChI is InChI=1S/C21H18ClF6NO4/c1-32-17-4-3-11(7-15(17)22)8-16(19(31)33-2)29-18(30)9-12-5-13(20(23,24)25)10-14(6-12)21(26,27)28/h3-7,10,16H,8-9H2,1-2H3,(H,29,30)/t16-/m1/s1. The van der Waals surface area contributed by atoms with E-state index in [-0.39, 0.29) is 17.5 Å². The van der Waals surface area contributed by atoms with Crippen LogP contribution in [0.15, 0.2) is 36.4 Å². The van der Waals surface area contributed by atoms with Crippen LogP contribution in [0, 0.1) is 0 Å². The van der Waals surface area contributed by atoms with Crippen LogP contribution in [-0.4, -0.2) is 32.1 Å². The lowest BCUT2D eigenvalue weighted by Crippen LogP contribution is -2.43. The van der Waals surface area contributed by atoms with Gasteiger partial charge in [0.2, 0.25) is 5.91 Å². The molecule has 0 aromatic heterocycles. The van der Waals surface area contributed by atoms with E-state index in [2.05, 4.69) is 10.1 Å². The number of carbonyl (C=O) groups excluding carboxylic acids is 2. The van der Waals surface area contributed by atoms with Crippen LogP contribution in [0.2, 0.25) is 5.02 Å². The van der Waals surface area contributed by atoms with Gasteiger partial charge in [0.05, 0.1) is 36.8 Å². The predicted octanol–water partition coefficient (Wildman–Crippen LogP) is 4.83. The molecule has 0 saturated heterocycles. The zero-order valence-electron chi connectivity index (χ0n) is 17.2. The molecule has 0 radical (unpaired) electrons. The smallest absolute Gasteiger partial charge is 0.416 e. The van der Waals surface area contributed by atoms with Gasteiger partial charge in [-0.25, -0.2) is 4.79 Å². The fraction of sp³-hybridized carbons (Fsp3) is 0.333. The van der Waals surface area contributed by atoms with Crippen molar-refractivity contribution in [2.45, 2.75) is 31.2 Å². The van der Waals surface area contributed by atoms with Crippen LogP contribution in [0.4, 0.5) is 26.3 Å². The molecule has 0 spiro atoms. The van der Waals surface area contributed by atoms with E-state index in [0.29, 0.717) is 23.4 Å². The first-order valence-corrected chi connectivity index (χ1v) is 9.60. The Kier molecular flexibility index (Phi) is 8.23. The molecule has 1 amide bonds. The highest BCUT2D eigenvalue weighted by Crippen LogP contribution is 2.36. The number of alkyl halides is 6. The van der Waals surface area contributed by atoms with Crippen LogP contribution >= 0.6 is 11.6 Å². The van der Waals surface area contributed by atoms with E-state index in [0.717, 1.165) is 7.11 Å². The van der Waals surface area contributed by atoms with Gasteiger partial charge in [0.1, 0.15) is 11.8 Å². The van der Waals surface area contributed by atoms with Crippen molar-refractivity contribution in [2.24, 2.45) is 0 Å². The highest BCUT2D eigenvalue weighted by Gasteiger charge is 2.37. The maximum absolute atomic E-state index is 13.0. The minimum atomic E-state index is -5.05. The highest BCUT2D eigenvalue weighted by molar-refractivity contribution is 6.32. The average Bonchev–Trinajstić information content (AvgIpc) is 2.71. The van der Waals surface area contributed by atoms with Crippen molar-refractivity contribution in [1.29, 1.82) is 0 Å². The Labute approximate surface area is 189 Å². The molecule has 180 valence electrons. The third-order valence-corrected chi connectivity index (χ3v) is 4.78. The SMILES string of the molecule is COC(=O)[C@@H](Cc1ccc(OC)c(Cl)c1)NC(=O)Cc1cc(C(F)(F)F)cc(C(F)(F)F)c1. The summed E-state index contributed by atoms with van der Waals surface area (Å²) in [5.74, 6) is -1.48. The number of ether oxygens (including phenoxy) is 2. The van der Waals surface area contributed by atoms with E-state index in [1.54, 1.807) is 6.07 Å². The number of rotatable bonds is 7. The van der Waals surface area contributed by atoms with Crippen LogP contribution in [0.3, 0.4) is 0 Å². The Morgan fingerprint density at radius 2 is 1.52 bits per heavy atom. The first-order chi connectivity index (χ1) is 15.2. The van der Waals surface area contributed by atoms with Crippen molar-refractivity contribution in [3.63, 3.8) is 0 Å². The molecule has 0 heterocycles. The molecule has 12 heteroatoms. The monoisotopic (exact) mass is 497 g/mol. The molecule has 0 saturated carbocycles. The number of carbonyl (C=O) groups is 2. The molecule has 33 heavy (non-hydrogen) atoms. The molecular formula is C21H18ClF6NO4. The van der Waals surface area contributed by atoms with Gasteiger partial charge in [-0.3, -0.25) is 4.79 Å². The third kappa shape index (κ3) is 7.28. The zero-order valence-corrected chi connectivity index (χ0v) is 18.0. The van der Waals surface area contributed by atoms with Crippen LogP contribution in [-0.2, 0) is 39.5 Å². The van der Waals surface area contributed by atoms with Crippen molar-refractivity contribution < 1.29 is 45.4 Å².